The molecule has 10 nitrogen and oxygen atoms in total. The van der Waals surface area contributed by atoms with E-state index in [4.69, 9.17) is 0 Å². The summed E-state index contributed by atoms with van der Waals surface area (Å²) >= 11 is 0. The Morgan fingerprint density at radius 2 is 1.59 bits per heavy atom. The van der Waals surface area contributed by atoms with Crippen molar-refractivity contribution in [1.82, 2.24) is 15.0 Å². The van der Waals surface area contributed by atoms with Crippen LogP contribution in [0, 0.1) is 11.8 Å². The molecule has 1 fully saturated rings. The highest BCUT2D eigenvalue weighted by molar-refractivity contribution is 7.91. The van der Waals surface area contributed by atoms with Crippen molar-refractivity contribution < 1.29 is 31.7 Å². The monoisotopic (exact) mass is 571 g/mol. The van der Waals surface area contributed by atoms with Crippen LogP contribution in [0.2, 0.25) is 0 Å². The van der Waals surface area contributed by atoms with Crippen molar-refractivity contribution in [1.29, 1.82) is 0 Å². The first kappa shape index (κ1) is 28.9. The van der Waals surface area contributed by atoms with Gasteiger partial charge in [0, 0.05) is 18.9 Å². The highest BCUT2D eigenvalue weighted by Gasteiger charge is 2.34. The fourth-order valence-corrected chi connectivity index (χ4v) is 6.46. The number of sulfonamides is 1. The number of aromatic nitrogens is 1. The maximum Gasteiger partial charge on any atom is 0.475 e. The summed E-state index contributed by atoms with van der Waals surface area (Å²) in [6.45, 7) is -0.254. The molecule has 3 aromatic rings. The molecule has 4 rings (SSSR count). The van der Waals surface area contributed by atoms with Crippen LogP contribution in [0.15, 0.2) is 93.8 Å². The molecule has 2 unspecified atom stereocenters. The van der Waals surface area contributed by atoms with Crippen LogP contribution in [0.1, 0.15) is 24.8 Å². The smallest absolute Gasteiger partial charge is 0.426 e. The van der Waals surface area contributed by atoms with Gasteiger partial charge in [-0.05, 0) is 60.7 Å². The quantitative estimate of drug-likeness (QED) is 0.224. The molecule has 2 aromatic carbocycles. The highest BCUT2D eigenvalue weighted by atomic mass is 32.2. The summed E-state index contributed by atoms with van der Waals surface area (Å²) in [6.07, 6.45) is 5.25. The van der Waals surface area contributed by atoms with Crippen LogP contribution in [-0.4, -0.2) is 57.4 Å². The standard InChI is InChI=1S/C26H30BN3O7S2/c31-26(30-25(27(32)33)16-20-8-9-20)21(15-19-5-2-1-3-6-19)17-29-39(36,37)23-12-10-22(11-13-23)38(34,35)24-7-4-14-28-18-24/h1-7,10-14,18,20-21,25,29,32-33H,8-9,15-17H2,(H,30,31). The summed E-state index contributed by atoms with van der Waals surface area (Å²) in [6, 6.07) is 16.8. The Morgan fingerprint density at radius 1 is 0.923 bits per heavy atom. The third kappa shape index (κ3) is 7.73. The third-order valence-electron chi connectivity index (χ3n) is 6.58. The molecule has 13 heteroatoms. The van der Waals surface area contributed by atoms with Gasteiger partial charge < -0.3 is 15.4 Å². The Morgan fingerprint density at radius 3 is 2.18 bits per heavy atom. The molecule has 39 heavy (non-hydrogen) atoms. The van der Waals surface area contributed by atoms with Crippen LogP contribution in [0.25, 0.3) is 0 Å². The molecule has 1 saturated carbocycles. The van der Waals surface area contributed by atoms with Crippen LogP contribution in [0.4, 0.5) is 0 Å². The number of carbonyl (C=O) groups is 1. The van der Waals surface area contributed by atoms with Gasteiger partial charge in [-0.1, -0.05) is 43.2 Å². The van der Waals surface area contributed by atoms with Gasteiger partial charge in [0.2, 0.25) is 25.8 Å². The van der Waals surface area contributed by atoms with Gasteiger partial charge in [-0.3, -0.25) is 9.78 Å². The lowest BCUT2D eigenvalue weighted by atomic mass is 9.76. The van der Waals surface area contributed by atoms with Crippen LogP contribution < -0.4 is 10.0 Å². The van der Waals surface area contributed by atoms with E-state index in [1.165, 1.54) is 48.8 Å². The molecule has 4 N–H and O–H groups in total. The highest BCUT2D eigenvalue weighted by Crippen LogP contribution is 2.33. The second-order valence-electron chi connectivity index (χ2n) is 9.61. The van der Waals surface area contributed by atoms with Gasteiger partial charge in [0.05, 0.1) is 26.5 Å². The lowest BCUT2D eigenvalue weighted by Crippen LogP contribution is -2.50. The van der Waals surface area contributed by atoms with E-state index >= 15 is 0 Å². The topological polar surface area (TPSA) is 163 Å². The molecule has 0 saturated heterocycles. The Bertz CT molecular complexity index is 1470. The van der Waals surface area contributed by atoms with E-state index in [-0.39, 0.29) is 27.7 Å². The van der Waals surface area contributed by atoms with Crippen molar-refractivity contribution in [2.75, 3.05) is 6.54 Å². The molecule has 0 radical (unpaired) electrons. The molecule has 1 heterocycles. The molecular weight excluding hydrogens is 541 g/mol. The largest absolute Gasteiger partial charge is 0.475 e. The van der Waals surface area contributed by atoms with E-state index in [2.05, 4.69) is 15.0 Å². The number of amides is 1. The Balaban J connectivity index is 1.48. The lowest BCUT2D eigenvalue weighted by Gasteiger charge is -2.23. The van der Waals surface area contributed by atoms with Crippen molar-refractivity contribution in [2.24, 2.45) is 11.8 Å². The number of benzene rings is 2. The Hall–Kier alpha value is -3.10. The SMILES string of the molecule is O=C(NC(CC1CC1)B(O)O)C(CNS(=O)(=O)c1ccc(S(=O)(=O)c2cccnc2)cc1)Cc1ccccc1. The minimum atomic E-state index is -4.10. The number of nitrogens with one attached hydrogen (secondary N) is 2. The van der Waals surface area contributed by atoms with E-state index in [1.54, 1.807) is 0 Å². The first-order valence-corrected chi connectivity index (χ1v) is 15.5. The molecule has 1 aliphatic rings. The minimum absolute atomic E-state index is 0.0125. The summed E-state index contributed by atoms with van der Waals surface area (Å²) < 4.78 is 54.1. The van der Waals surface area contributed by atoms with Gasteiger partial charge in [0.15, 0.2) is 0 Å². The van der Waals surface area contributed by atoms with Gasteiger partial charge in [-0.25, -0.2) is 21.6 Å². The second-order valence-corrected chi connectivity index (χ2v) is 13.3. The zero-order chi connectivity index (χ0) is 28.0. The molecule has 1 amide bonds. The van der Waals surface area contributed by atoms with Crippen LogP contribution in [0.5, 0.6) is 0 Å². The van der Waals surface area contributed by atoms with Gasteiger partial charge in [-0.2, -0.15) is 0 Å². The first-order valence-electron chi connectivity index (χ1n) is 12.5. The molecule has 206 valence electrons. The van der Waals surface area contributed by atoms with Crippen molar-refractivity contribution in [3.8, 4) is 0 Å². The molecule has 0 aliphatic heterocycles. The average molecular weight is 571 g/mol. The average Bonchev–Trinajstić information content (AvgIpc) is 3.76. The normalized spacial score (nSPS) is 15.3. The van der Waals surface area contributed by atoms with Gasteiger partial charge in [0.1, 0.15) is 0 Å². The number of carbonyl (C=O) groups excluding carboxylic acids is 1. The van der Waals surface area contributed by atoms with E-state index < -0.39 is 44.7 Å². The predicted molar refractivity (Wildman–Crippen MR) is 144 cm³/mol. The molecule has 0 bridgehead atoms. The summed E-state index contributed by atoms with van der Waals surface area (Å²) in [5.41, 5.74) is 0.810. The van der Waals surface area contributed by atoms with Crippen molar-refractivity contribution >= 4 is 32.9 Å². The van der Waals surface area contributed by atoms with E-state index in [0.717, 1.165) is 18.4 Å². The fraction of sp³-hybridized carbons (Fsp3) is 0.308. The predicted octanol–water partition coefficient (Wildman–Crippen LogP) is 1.35. The fourth-order valence-electron chi connectivity index (χ4n) is 4.16. The summed E-state index contributed by atoms with van der Waals surface area (Å²) in [5.74, 6) is -1.87. The van der Waals surface area contributed by atoms with E-state index in [1.807, 2.05) is 30.3 Å². The van der Waals surface area contributed by atoms with Crippen molar-refractivity contribution in [3.05, 3.63) is 84.7 Å². The summed E-state index contributed by atoms with van der Waals surface area (Å²) in [7, 11) is -9.70. The van der Waals surface area contributed by atoms with Gasteiger partial charge in [-0.15, -0.1) is 0 Å². The number of rotatable bonds is 13. The maximum absolute atomic E-state index is 13.2. The zero-order valence-corrected chi connectivity index (χ0v) is 22.7. The summed E-state index contributed by atoms with van der Waals surface area (Å²) in [5, 5.41) is 22.2. The number of nitrogens with zero attached hydrogens (tertiary/aromatic N) is 1. The number of pyridine rings is 1. The van der Waals surface area contributed by atoms with Crippen molar-refractivity contribution in [3.63, 3.8) is 0 Å². The Kier molecular flexibility index (Phi) is 9.18. The van der Waals surface area contributed by atoms with Crippen LogP contribution in [-0.2, 0) is 31.1 Å². The first-order chi connectivity index (χ1) is 18.6. The van der Waals surface area contributed by atoms with E-state index in [9.17, 15) is 31.7 Å². The van der Waals surface area contributed by atoms with Gasteiger partial charge >= 0.3 is 7.12 Å². The molecule has 1 aliphatic carbocycles. The maximum atomic E-state index is 13.2. The van der Waals surface area contributed by atoms with Gasteiger partial charge in [0.25, 0.3) is 0 Å². The summed E-state index contributed by atoms with van der Waals surface area (Å²) in [4.78, 5) is 16.7. The Labute approximate surface area is 228 Å². The molecule has 2 atom stereocenters. The zero-order valence-electron chi connectivity index (χ0n) is 21.0. The number of hydrogen-bond donors (Lipinski definition) is 4. The lowest BCUT2D eigenvalue weighted by molar-refractivity contribution is -0.125. The second kappa shape index (κ2) is 12.4. The molecule has 0 spiro atoms. The molecular formula is C26H30BN3O7S2. The number of sulfone groups is 1. The van der Waals surface area contributed by atoms with E-state index in [0.29, 0.717) is 12.3 Å². The number of hydrogen-bond acceptors (Lipinski definition) is 8. The van der Waals surface area contributed by atoms with Crippen LogP contribution >= 0.6 is 0 Å². The molecule has 1 aromatic heterocycles. The minimum Gasteiger partial charge on any atom is -0.426 e. The van der Waals surface area contributed by atoms with Crippen molar-refractivity contribution in [2.45, 2.75) is 46.3 Å². The van der Waals surface area contributed by atoms with Crippen LogP contribution in [0.3, 0.4) is 0 Å². The third-order valence-corrected chi connectivity index (χ3v) is 9.77.